The van der Waals surface area contributed by atoms with E-state index in [9.17, 15) is 4.39 Å². The van der Waals surface area contributed by atoms with Crippen LogP contribution in [0.25, 0.3) is 0 Å². The lowest BCUT2D eigenvalue weighted by atomic mass is 10.2. The molecular formula is C8H7FISi. The van der Waals surface area contributed by atoms with Crippen molar-refractivity contribution in [3.05, 3.63) is 33.1 Å². The van der Waals surface area contributed by atoms with Gasteiger partial charge in [-0.15, -0.1) is 0 Å². The molecule has 1 rings (SSSR count). The second-order valence-corrected chi connectivity index (χ2v) is 3.86. The van der Waals surface area contributed by atoms with Gasteiger partial charge in [0.2, 0.25) is 0 Å². The van der Waals surface area contributed by atoms with Crippen LogP contribution in [0.5, 0.6) is 0 Å². The molecule has 0 saturated carbocycles. The van der Waals surface area contributed by atoms with E-state index >= 15 is 0 Å². The second kappa shape index (κ2) is 4.20. The van der Waals surface area contributed by atoms with Crippen LogP contribution < -0.4 is 0 Å². The summed E-state index contributed by atoms with van der Waals surface area (Å²) >= 11 is 2.15. The quantitative estimate of drug-likeness (QED) is 0.575. The molecule has 0 aromatic heterocycles. The molecule has 1 aromatic rings. The molecule has 0 aliphatic heterocycles. The molecule has 1 aromatic carbocycles. The highest BCUT2D eigenvalue weighted by Crippen LogP contribution is 2.16. The molecule has 0 unspecified atom stereocenters. The number of halogens is 2. The Morgan fingerprint density at radius 1 is 1.45 bits per heavy atom. The van der Waals surface area contributed by atoms with Gasteiger partial charge in [-0.1, -0.05) is 12.1 Å². The summed E-state index contributed by atoms with van der Waals surface area (Å²) in [5.74, 6) is -0.102. The first kappa shape index (κ1) is 9.19. The van der Waals surface area contributed by atoms with Crippen molar-refractivity contribution in [3.63, 3.8) is 0 Å². The molecule has 0 aliphatic carbocycles. The number of hydrogen-bond acceptors (Lipinski definition) is 0. The van der Waals surface area contributed by atoms with E-state index in [1.54, 1.807) is 6.07 Å². The summed E-state index contributed by atoms with van der Waals surface area (Å²) in [7, 11) is 3.33. The van der Waals surface area contributed by atoms with Crippen LogP contribution in [-0.2, 0) is 6.42 Å². The predicted molar refractivity (Wildman–Crippen MR) is 53.4 cm³/mol. The van der Waals surface area contributed by atoms with Crippen molar-refractivity contribution >= 4 is 32.8 Å². The monoisotopic (exact) mass is 277 g/mol. The molecule has 0 saturated heterocycles. The lowest BCUT2D eigenvalue weighted by Crippen LogP contribution is -1.93. The minimum absolute atomic E-state index is 0.102. The van der Waals surface area contributed by atoms with Gasteiger partial charge in [0.1, 0.15) is 5.82 Å². The lowest BCUT2D eigenvalue weighted by molar-refractivity contribution is 0.610. The number of hydrogen-bond donors (Lipinski definition) is 0. The molecule has 0 spiro atoms. The minimum Gasteiger partial charge on any atom is -0.207 e. The van der Waals surface area contributed by atoms with E-state index in [-0.39, 0.29) is 5.82 Å². The first-order valence-electron chi connectivity index (χ1n) is 3.33. The Morgan fingerprint density at radius 2 is 2.18 bits per heavy atom. The first-order chi connectivity index (χ1) is 5.25. The van der Waals surface area contributed by atoms with E-state index in [0.717, 1.165) is 21.6 Å². The van der Waals surface area contributed by atoms with Crippen molar-refractivity contribution in [1.29, 1.82) is 0 Å². The van der Waals surface area contributed by atoms with E-state index in [1.807, 2.05) is 6.07 Å². The van der Waals surface area contributed by atoms with Crippen molar-refractivity contribution in [1.82, 2.24) is 0 Å². The van der Waals surface area contributed by atoms with Crippen LogP contribution in [0.1, 0.15) is 5.56 Å². The largest absolute Gasteiger partial charge is 0.207 e. The summed E-state index contributed by atoms with van der Waals surface area (Å²) in [6.07, 6.45) is 0.752. The third kappa shape index (κ3) is 2.26. The third-order valence-electron chi connectivity index (χ3n) is 1.44. The molecule has 0 aliphatic rings. The standard InChI is InChI=1S/C8H7FISi/c9-7-2-1-3-8(10)6(7)4-5-11/h1-3H,4-5H2. The Bertz CT molecular complexity index is 230. The van der Waals surface area contributed by atoms with Crippen molar-refractivity contribution in [2.45, 2.75) is 12.5 Å². The Morgan fingerprint density at radius 3 is 2.73 bits per heavy atom. The predicted octanol–water partition coefficient (Wildman–Crippen LogP) is 2.56. The van der Waals surface area contributed by atoms with Gasteiger partial charge >= 0.3 is 0 Å². The smallest absolute Gasteiger partial charge is 0.127 e. The highest BCUT2D eigenvalue weighted by molar-refractivity contribution is 14.1. The zero-order valence-electron chi connectivity index (χ0n) is 5.90. The average molecular weight is 277 g/mol. The fourth-order valence-corrected chi connectivity index (χ4v) is 1.88. The van der Waals surface area contributed by atoms with Gasteiger partial charge in [0, 0.05) is 19.4 Å². The molecule has 11 heavy (non-hydrogen) atoms. The molecule has 0 N–H and O–H groups in total. The lowest BCUT2D eigenvalue weighted by Gasteiger charge is -2.02. The SMILES string of the molecule is Fc1cccc(I)c1CC[Si]. The zero-order chi connectivity index (χ0) is 8.27. The van der Waals surface area contributed by atoms with Gasteiger partial charge in [-0.3, -0.25) is 0 Å². The van der Waals surface area contributed by atoms with Crippen molar-refractivity contribution < 1.29 is 4.39 Å². The van der Waals surface area contributed by atoms with Crippen LogP contribution in [-0.4, -0.2) is 10.2 Å². The van der Waals surface area contributed by atoms with Crippen molar-refractivity contribution in [2.75, 3.05) is 0 Å². The maximum atomic E-state index is 13.0. The fourth-order valence-electron chi connectivity index (χ4n) is 0.896. The Balaban J connectivity index is 3.00. The summed E-state index contributed by atoms with van der Waals surface area (Å²) in [5.41, 5.74) is 0.808. The van der Waals surface area contributed by atoms with Crippen LogP contribution in [0, 0.1) is 9.39 Å². The molecule has 0 bridgehead atoms. The first-order valence-corrected chi connectivity index (χ1v) is 5.11. The molecule has 57 valence electrons. The Hall–Kier alpha value is 0.0969. The van der Waals surface area contributed by atoms with Gasteiger partial charge in [-0.25, -0.2) is 4.39 Å². The van der Waals surface area contributed by atoms with Gasteiger partial charge in [0.15, 0.2) is 0 Å². The summed E-state index contributed by atoms with van der Waals surface area (Å²) in [6, 6.07) is 5.95. The highest BCUT2D eigenvalue weighted by atomic mass is 127. The van der Waals surface area contributed by atoms with E-state index in [2.05, 4.69) is 32.8 Å². The highest BCUT2D eigenvalue weighted by Gasteiger charge is 2.03. The van der Waals surface area contributed by atoms with Crippen LogP contribution in [0.4, 0.5) is 4.39 Å². The van der Waals surface area contributed by atoms with Gasteiger partial charge < -0.3 is 0 Å². The summed E-state index contributed by atoms with van der Waals surface area (Å²) in [6.45, 7) is 0. The summed E-state index contributed by atoms with van der Waals surface area (Å²) < 4.78 is 14.0. The number of benzene rings is 1. The Kier molecular flexibility index (Phi) is 3.51. The molecule has 0 fully saturated rings. The van der Waals surface area contributed by atoms with E-state index in [4.69, 9.17) is 0 Å². The van der Waals surface area contributed by atoms with E-state index in [1.165, 1.54) is 6.07 Å². The van der Waals surface area contributed by atoms with Crippen LogP contribution in [0.2, 0.25) is 6.04 Å². The molecule has 3 heteroatoms. The maximum Gasteiger partial charge on any atom is 0.127 e. The average Bonchev–Trinajstić information content (AvgIpc) is 1.97. The van der Waals surface area contributed by atoms with Crippen LogP contribution in [0.15, 0.2) is 18.2 Å². The number of rotatable bonds is 2. The normalized spacial score (nSPS) is 10.1. The fraction of sp³-hybridized carbons (Fsp3) is 0.250. The van der Waals surface area contributed by atoms with Gasteiger partial charge in [0.25, 0.3) is 0 Å². The van der Waals surface area contributed by atoms with Gasteiger partial charge in [-0.2, -0.15) is 0 Å². The molecule has 0 amide bonds. The van der Waals surface area contributed by atoms with Gasteiger partial charge in [-0.05, 0) is 41.1 Å². The van der Waals surface area contributed by atoms with Crippen LogP contribution in [0.3, 0.4) is 0 Å². The van der Waals surface area contributed by atoms with Gasteiger partial charge in [0.05, 0.1) is 0 Å². The van der Waals surface area contributed by atoms with E-state index < -0.39 is 0 Å². The zero-order valence-corrected chi connectivity index (χ0v) is 9.06. The van der Waals surface area contributed by atoms with Crippen LogP contribution >= 0.6 is 22.6 Å². The van der Waals surface area contributed by atoms with Crippen molar-refractivity contribution in [2.24, 2.45) is 0 Å². The molecule has 0 heterocycles. The second-order valence-electron chi connectivity index (χ2n) is 2.20. The third-order valence-corrected chi connectivity index (χ3v) is 2.70. The van der Waals surface area contributed by atoms with Crippen molar-refractivity contribution in [3.8, 4) is 0 Å². The maximum absolute atomic E-state index is 13.0. The molecule has 0 atom stereocenters. The molecule has 0 nitrogen and oxygen atoms in total. The molecular weight excluding hydrogens is 270 g/mol. The Labute approximate surface area is 82.8 Å². The topological polar surface area (TPSA) is 0 Å². The van der Waals surface area contributed by atoms with E-state index in [0.29, 0.717) is 0 Å². The molecule has 3 radical (unpaired) electrons. The summed E-state index contributed by atoms with van der Waals surface area (Å²) in [5, 5.41) is 0. The minimum atomic E-state index is -0.102. The summed E-state index contributed by atoms with van der Waals surface area (Å²) in [4.78, 5) is 0.